The zero-order chi connectivity index (χ0) is 21.3. The number of hydrogen-bond acceptors (Lipinski definition) is 3. The van der Waals surface area contributed by atoms with E-state index >= 15 is 0 Å². The van der Waals surface area contributed by atoms with Crippen molar-refractivity contribution in [2.45, 2.75) is 50.5 Å². The van der Waals surface area contributed by atoms with Crippen molar-refractivity contribution in [1.82, 2.24) is 9.62 Å². The molecular formula is C24H30N2O3S. The van der Waals surface area contributed by atoms with Crippen molar-refractivity contribution in [3.8, 4) is 0 Å². The van der Waals surface area contributed by atoms with Crippen molar-refractivity contribution >= 4 is 15.9 Å². The molecule has 160 valence electrons. The Hall–Kier alpha value is -2.18. The first-order chi connectivity index (χ1) is 14.3. The van der Waals surface area contributed by atoms with Crippen LogP contribution in [-0.2, 0) is 14.8 Å². The molecule has 1 atom stereocenters. The number of nitrogens with one attached hydrogen (secondary N) is 1. The Bertz CT molecular complexity index is 988. The van der Waals surface area contributed by atoms with Crippen molar-refractivity contribution in [1.29, 1.82) is 0 Å². The second-order valence-electron chi connectivity index (χ2n) is 8.73. The van der Waals surface area contributed by atoms with Gasteiger partial charge in [-0.1, -0.05) is 47.5 Å². The van der Waals surface area contributed by atoms with Gasteiger partial charge in [0.05, 0.1) is 10.9 Å². The minimum Gasteiger partial charge on any atom is -0.349 e. The third kappa shape index (κ3) is 4.60. The maximum atomic E-state index is 13.0. The Kier molecular flexibility index (Phi) is 5.98. The summed E-state index contributed by atoms with van der Waals surface area (Å²) in [5, 5.41) is 3.27. The van der Waals surface area contributed by atoms with E-state index in [1.807, 2.05) is 19.1 Å². The molecular weight excluding hydrogens is 396 g/mol. The summed E-state index contributed by atoms with van der Waals surface area (Å²) in [5.41, 5.74) is 3.40. The second-order valence-corrected chi connectivity index (χ2v) is 10.7. The lowest BCUT2D eigenvalue weighted by Crippen LogP contribution is -2.43. The summed E-state index contributed by atoms with van der Waals surface area (Å²) >= 11 is 0. The standard InChI is InChI=1S/C24H30N2O3S/c1-17-3-7-19(8-4-17)23(20-9-10-20)25-24(27)21-13-15-26(16-14-21)30(28,29)22-11-5-18(2)6-12-22/h3-8,11-12,20-21,23H,9-10,13-16H2,1-2H3,(H,25,27)/t23-/m0/s1. The van der Waals surface area contributed by atoms with E-state index in [1.54, 1.807) is 12.1 Å². The first-order valence-corrected chi connectivity index (χ1v) is 12.2. The Balaban J connectivity index is 1.38. The van der Waals surface area contributed by atoms with Crippen LogP contribution in [0.25, 0.3) is 0 Å². The first-order valence-electron chi connectivity index (χ1n) is 10.8. The van der Waals surface area contributed by atoms with Crippen molar-refractivity contribution in [2.75, 3.05) is 13.1 Å². The molecule has 0 radical (unpaired) electrons. The highest BCUT2D eigenvalue weighted by Gasteiger charge is 2.36. The summed E-state index contributed by atoms with van der Waals surface area (Å²) in [4.78, 5) is 13.3. The van der Waals surface area contributed by atoms with E-state index in [2.05, 4.69) is 36.5 Å². The largest absolute Gasteiger partial charge is 0.349 e. The van der Waals surface area contributed by atoms with Crippen molar-refractivity contribution in [2.24, 2.45) is 11.8 Å². The highest BCUT2D eigenvalue weighted by Crippen LogP contribution is 2.41. The molecule has 2 aliphatic rings. The van der Waals surface area contributed by atoms with E-state index in [0.29, 0.717) is 36.7 Å². The summed E-state index contributed by atoms with van der Waals surface area (Å²) in [7, 11) is -3.50. The lowest BCUT2D eigenvalue weighted by atomic mass is 9.95. The number of sulfonamides is 1. The number of nitrogens with zero attached hydrogens (tertiary/aromatic N) is 1. The van der Waals surface area contributed by atoms with Crippen molar-refractivity contribution in [3.63, 3.8) is 0 Å². The van der Waals surface area contributed by atoms with Crippen LogP contribution in [0.1, 0.15) is 48.4 Å². The molecule has 2 aromatic rings. The Morgan fingerprint density at radius 3 is 1.97 bits per heavy atom. The van der Waals surface area contributed by atoms with Gasteiger partial charge >= 0.3 is 0 Å². The second kappa shape index (κ2) is 8.52. The summed E-state index contributed by atoms with van der Waals surface area (Å²) in [5.74, 6) is 0.430. The molecule has 5 nitrogen and oxygen atoms in total. The molecule has 0 spiro atoms. The predicted molar refractivity (Wildman–Crippen MR) is 117 cm³/mol. The number of benzene rings is 2. The van der Waals surface area contributed by atoms with Crippen molar-refractivity contribution in [3.05, 3.63) is 65.2 Å². The number of amides is 1. The minimum atomic E-state index is -3.50. The molecule has 1 aliphatic heterocycles. The molecule has 1 saturated heterocycles. The molecule has 6 heteroatoms. The van der Waals surface area contributed by atoms with Crippen LogP contribution in [-0.4, -0.2) is 31.7 Å². The first kappa shape index (κ1) is 21.1. The van der Waals surface area contributed by atoms with Crippen LogP contribution >= 0.6 is 0 Å². The Morgan fingerprint density at radius 2 is 1.43 bits per heavy atom. The molecule has 1 N–H and O–H groups in total. The SMILES string of the molecule is Cc1ccc([C@H](NC(=O)C2CCN(S(=O)(=O)c3ccc(C)cc3)CC2)C2CC2)cc1. The normalized spacial score (nSPS) is 19.4. The number of aryl methyl sites for hydroxylation is 2. The molecule has 1 aliphatic carbocycles. The van der Waals surface area contributed by atoms with Gasteiger partial charge in [-0.2, -0.15) is 4.31 Å². The molecule has 1 saturated carbocycles. The van der Waals surface area contributed by atoms with Crippen LogP contribution in [0.2, 0.25) is 0 Å². The van der Waals surface area contributed by atoms with Crippen LogP contribution in [0.4, 0.5) is 0 Å². The molecule has 1 heterocycles. The third-order valence-corrected chi connectivity index (χ3v) is 8.22. The number of carbonyl (C=O) groups is 1. The number of hydrogen-bond donors (Lipinski definition) is 1. The molecule has 4 rings (SSSR count). The summed E-state index contributed by atoms with van der Waals surface area (Å²) in [6, 6.07) is 15.4. The van der Waals surface area contributed by atoms with E-state index in [0.717, 1.165) is 24.0 Å². The monoisotopic (exact) mass is 426 g/mol. The summed E-state index contributed by atoms with van der Waals surface area (Å²) in [6.45, 7) is 4.76. The fourth-order valence-corrected chi connectivity index (χ4v) is 5.64. The lowest BCUT2D eigenvalue weighted by Gasteiger charge is -2.31. The van der Waals surface area contributed by atoms with Gasteiger partial charge in [-0.15, -0.1) is 0 Å². The zero-order valence-corrected chi connectivity index (χ0v) is 18.5. The van der Waals surface area contributed by atoms with Gasteiger partial charge in [0.2, 0.25) is 15.9 Å². The van der Waals surface area contributed by atoms with E-state index < -0.39 is 10.0 Å². The lowest BCUT2D eigenvalue weighted by molar-refractivity contribution is -0.127. The van der Waals surface area contributed by atoms with Gasteiger partial charge in [-0.25, -0.2) is 8.42 Å². The summed E-state index contributed by atoms with van der Waals surface area (Å²) < 4.78 is 27.3. The van der Waals surface area contributed by atoms with Gasteiger partial charge in [0.25, 0.3) is 0 Å². The van der Waals surface area contributed by atoms with Gasteiger partial charge in [-0.3, -0.25) is 4.79 Å². The number of rotatable bonds is 6. The van der Waals surface area contributed by atoms with E-state index in [-0.39, 0.29) is 17.9 Å². The van der Waals surface area contributed by atoms with Gasteiger partial charge in [-0.05, 0) is 63.1 Å². The molecule has 2 aromatic carbocycles. The van der Waals surface area contributed by atoms with Crippen LogP contribution < -0.4 is 5.32 Å². The molecule has 2 fully saturated rings. The van der Waals surface area contributed by atoms with Gasteiger partial charge in [0.1, 0.15) is 0 Å². The predicted octanol–water partition coefficient (Wildman–Crippen LogP) is 3.97. The average Bonchev–Trinajstić information content (AvgIpc) is 3.58. The maximum Gasteiger partial charge on any atom is 0.243 e. The quantitative estimate of drug-likeness (QED) is 0.760. The third-order valence-electron chi connectivity index (χ3n) is 6.31. The smallest absolute Gasteiger partial charge is 0.243 e. The Labute approximate surface area is 179 Å². The van der Waals surface area contributed by atoms with Gasteiger partial charge in [0.15, 0.2) is 0 Å². The van der Waals surface area contributed by atoms with Crippen LogP contribution in [0, 0.1) is 25.7 Å². The van der Waals surface area contributed by atoms with Crippen LogP contribution in [0.5, 0.6) is 0 Å². The van der Waals surface area contributed by atoms with Gasteiger partial charge in [0, 0.05) is 19.0 Å². The van der Waals surface area contributed by atoms with E-state index in [1.165, 1.54) is 9.87 Å². The number of carbonyl (C=O) groups excluding carboxylic acids is 1. The molecule has 1 amide bonds. The molecule has 0 bridgehead atoms. The fourth-order valence-electron chi connectivity index (χ4n) is 4.17. The highest BCUT2D eigenvalue weighted by molar-refractivity contribution is 7.89. The van der Waals surface area contributed by atoms with Crippen LogP contribution in [0.3, 0.4) is 0 Å². The zero-order valence-electron chi connectivity index (χ0n) is 17.7. The summed E-state index contributed by atoms with van der Waals surface area (Å²) in [6.07, 6.45) is 3.41. The van der Waals surface area contributed by atoms with E-state index in [9.17, 15) is 13.2 Å². The maximum absolute atomic E-state index is 13.0. The molecule has 30 heavy (non-hydrogen) atoms. The fraction of sp³-hybridized carbons (Fsp3) is 0.458. The molecule has 0 unspecified atom stereocenters. The number of piperidine rings is 1. The average molecular weight is 427 g/mol. The Morgan fingerprint density at radius 1 is 0.900 bits per heavy atom. The highest BCUT2D eigenvalue weighted by atomic mass is 32.2. The van der Waals surface area contributed by atoms with Crippen molar-refractivity contribution < 1.29 is 13.2 Å². The van der Waals surface area contributed by atoms with Crippen LogP contribution in [0.15, 0.2) is 53.4 Å². The van der Waals surface area contributed by atoms with Gasteiger partial charge < -0.3 is 5.32 Å². The minimum absolute atomic E-state index is 0.0554. The molecule has 0 aromatic heterocycles. The topological polar surface area (TPSA) is 66.5 Å². The van der Waals surface area contributed by atoms with E-state index in [4.69, 9.17) is 0 Å².